The summed E-state index contributed by atoms with van der Waals surface area (Å²) in [5.74, 6) is 0.138. The molecule has 1 atom stereocenters. The van der Waals surface area contributed by atoms with Gasteiger partial charge < -0.3 is 9.84 Å². The fourth-order valence-corrected chi connectivity index (χ4v) is 3.20. The van der Waals surface area contributed by atoms with Crippen LogP contribution >= 0.6 is 0 Å². The number of methoxy groups -OCH3 is 1. The number of aliphatic carboxylic acids is 1. The van der Waals surface area contributed by atoms with E-state index in [1.54, 1.807) is 7.11 Å². The normalized spacial score (nSPS) is 18.0. The average Bonchev–Trinajstić information content (AvgIpc) is 3.04. The monoisotopic (exact) mass is 311 g/mol. The van der Waals surface area contributed by atoms with Gasteiger partial charge in [0.2, 0.25) is 0 Å². The maximum absolute atomic E-state index is 11.3. The van der Waals surface area contributed by atoms with Crippen LogP contribution in [0.3, 0.4) is 0 Å². The third-order valence-corrected chi connectivity index (χ3v) is 4.41. The largest absolute Gasteiger partial charge is 0.496 e. The molecule has 1 aliphatic rings. The number of ether oxygens (including phenoxy) is 1. The number of hydrogen-bond acceptors (Lipinski definition) is 3. The van der Waals surface area contributed by atoms with E-state index in [2.05, 4.69) is 24.3 Å². The number of likely N-dealkylation sites (tertiary alicyclic amines) is 1. The molecular formula is C19H21NO3. The smallest absolute Gasteiger partial charge is 0.320 e. The van der Waals surface area contributed by atoms with Gasteiger partial charge in [-0.25, -0.2) is 0 Å². The molecule has 1 aliphatic heterocycles. The van der Waals surface area contributed by atoms with E-state index in [1.165, 1.54) is 0 Å². The van der Waals surface area contributed by atoms with Crippen molar-refractivity contribution < 1.29 is 14.6 Å². The molecule has 0 saturated carbocycles. The van der Waals surface area contributed by atoms with Gasteiger partial charge in [-0.05, 0) is 36.6 Å². The first-order chi connectivity index (χ1) is 11.2. The SMILES string of the molecule is COc1ccccc1-c1ccc(CN2CCCC2C(=O)O)cc1. The molecule has 1 N–H and O–H groups in total. The standard InChI is InChI=1S/C19H21NO3/c1-23-18-7-3-2-5-16(18)15-10-8-14(9-11-15)13-20-12-4-6-17(20)19(21)22/h2-3,5,7-11,17H,4,6,12-13H2,1H3,(H,21,22). The fourth-order valence-electron chi connectivity index (χ4n) is 3.20. The van der Waals surface area contributed by atoms with Crippen LogP contribution in [0.4, 0.5) is 0 Å². The number of hydrogen-bond donors (Lipinski definition) is 1. The molecule has 2 aromatic rings. The number of carbonyl (C=O) groups is 1. The molecule has 4 nitrogen and oxygen atoms in total. The van der Waals surface area contributed by atoms with Crippen LogP contribution in [0.15, 0.2) is 48.5 Å². The second-order valence-electron chi connectivity index (χ2n) is 5.86. The molecule has 3 rings (SSSR count). The number of carboxylic acid groups (broad SMARTS) is 1. The molecule has 1 saturated heterocycles. The van der Waals surface area contributed by atoms with Crippen molar-refractivity contribution in [2.24, 2.45) is 0 Å². The van der Waals surface area contributed by atoms with Crippen molar-refractivity contribution >= 4 is 5.97 Å². The summed E-state index contributed by atoms with van der Waals surface area (Å²) in [6, 6.07) is 15.9. The summed E-state index contributed by atoms with van der Waals surface area (Å²) in [6.07, 6.45) is 1.70. The molecule has 1 unspecified atom stereocenters. The molecule has 4 heteroatoms. The van der Waals surface area contributed by atoms with Gasteiger partial charge in [0.1, 0.15) is 11.8 Å². The molecule has 2 aromatic carbocycles. The molecule has 23 heavy (non-hydrogen) atoms. The van der Waals surface area contributed by atoms with Crippen LogP contribution in [0.2, 0.25) is 0 Å². The predicted molar refractivity (Wildman–Crippen MR) is 89.5 cm³/mol. The summed E-state index contributed by atoms with van der Waals surface area (Å²) in [7, 11) is 1.67. The van der Waals surface area contributed by atoms with Crippen LogP contribution in [-0.2, 0) is 11.3 Å². The third-order valence-electron chi connectivity index (χ3n) is 4.41. The van der Waals surface area contributed by atoms with Gasteiger partial charge in [0, 0.05) is 12.1 Å². The quantitative estimate of drug-likeness (QED) is 0.919. The molecule has 1 fully saturated rings. The number of para-hydroxylation sites is 1. The maximum atomic E-state index is 11.3. The Morgan fingerprint density at radius 2 is 1.96 bits per heavy atom. The summed E-state index contributed by atoms with van der Waals surface area (Å²) in [5.41, 5.74) is 3.30. The maximum Gasteiger partial charge on any atom is 0.320 e. The van der Waals surface area contributed by atoms with Gasteiger partial charge in [-0.3, -0.25) is 9.69 Å². The zero-order valence-corrected chi connectivity index (χ0v) is 13.2. The highest BCUT2D eigenvalue weighted by Gasteiger charge is 2.30. The lowest BCUT2D eigenvalue weighted by atomic mass is 10.0. The molecule has 0 aromatic heterocycles. The highest BCUT2D eigenvalue weighted by atomic mass is 16.5. The van der Waals surface area contributed by atoms with Crippen LogP contribution < -0.4 is 4.74 Å². The Balaban J connectivity index is 1.76. The minimum atomic E-state index is -0.715. The van der Waals surface area contributed by atoms with Crippen LogP contribution in [0.25, 0.3) is 11.1 Å². The van der Waals surface area contributed by atoms with Gasteiger partial charge >= 0.3 is 5.97 Å². The molecule has 0 aliphatic carbocycles. The molecule has 0 spiro atoms. The first kappa shape index (κ1) is 15.6. The summed E-state index contributed by atoms with van der Waals surface area (Å²) >= 11 is 0. The van der Waals surface area contributed by atoms with E-state index in [0.717, 1.165) is 41.8 Å². The molecule has 1 heterocycles. The fraction of sp³-hybridized carbons (Fsp3) is 0.316. The van der Waals surface area contributed by atoms with E-state index in [9.17, 15) is 9.90 Å². The Morgan fingerprint density at radius 3 is 2.65 bits per heavy atom. The van der Waals surface area contributed by atoms with Crippen molar-refractivity contribution in [2.45, 2.75) is 25.4 Å². The average molecular weight is 311 g/mol. The summed E-state index contributed by atoms with van der Waals surface area (Å²) < 4.78 is 5.40. The second-order valence-corrected chi connectivity index (χ2v) is 5.86. The lowest BCUT2D eigenvalue weighted by Gasteiger charge is -2.21. The highest BCUT2D eigenvalue weighted by molar-refractivity contribution is 5.74. The molecule has 0 amide bonds. The van der Waals surface area contributed by atoms with Crippen LogP contribution in [0.1, 0.15) is 18.4 Å². The topological polar surface area (TPSA) is 49.8 Å². The van der Waals surface area contributed by atoms with Gasteiger partial charge in [0.05, 0.1) is 7.11 Å². The number of benzene rings is 2. The van der Waals surface area contributed by atoms with Crippen molar-refractivity contribution in [3.05, 3.63) is 54.1 Å². The first-order valence-corrected chi connectivity index (χ1v) is 7.88. The predicted octanol–water partition coefficient (Wildman–Crippen LogP) is 3.41. The van der Waals surface area contributed by atoms with Crippen molar-refractivity contribution in [2.75, 3.05) is 13.7 Å². The minimum Gasteiger partial charge on any atom is -0.496 e. The van der Waals surface area contributed by atoms with E-state index in [1.807, 2.05) is 29.2 Å². The van der Waals surface area contributed by atoms with E-state index in [4.69, 9.17) is 4.74 Å². The Morgan fingerprint density at radius 1 is 1.22 bits per heavy atom. The van der Waals surface area contributed by atoms with E-state index >= 15 is 0 Å². The summed E-state index contributed by atoms with van der Waals surface area (Å²) in [5, 5.41) is 9.26. The second kappa shape index (κ2) is 6.84. The third kappa shape index (κ3) is 3.37. The van der Waals surface area contributed by atoms with Crippen LogP contribution in [0.5, 0.6) is 5.75 Å². The van der Waals surface area contributed by atoms with E-state index in [0.29, 0.717) is 6.54 Å². The molecule has 0 bridgehead atoms. The van der Waals surface area contributed by atoms with Gasteiger partial charge in [0.25, 0.3) is 0 Å². The summed E-state index contributed by atoms with van der Waals surface area (Å²) in [6.45, 7) is 1.54. The zero-order chi connectivity index (χ0) is 16.2. The lowest BCUT2D eigenvalue weighted by Crippen LogP contribution is -2.35. The first-order valence-electron chi connectivity index (χ1n) is 7.88. The zero-order valence-electron chi connectivity index (χ0n) is 13.2. The minimum absolute atomic E-state index is 0.344. The Labute approximate surface area is 136 Å². The Kier molecular flexibility index (Phi) is 4.63. The lowest BCUT2D eigenvalue weighted by molar-refractivity contribution is -0.142. The van der Waals surface area contributed by atoms with Gasteiger partial charge in [-0.2, -0.15) is 0 Å². The number of nitrogens with zero attached hydrogens (tertiary/aromatic N) is 1. The molecular weight excluding hydrogens is 290 g/mol. The number of rotatable bonds is 5. The van der Waals surface area contributed by atoms with Crippen LogP contribution in [-0.4, -0.2) is 35.7 Å². The van der Waals surface area contributed by atoms with E-state index < -0.39 is 5.97 Å². The highest BCUT2D eigenvalue weighted by Crippen LogP contribution is 2.30. The van der Waals surface area contributed by atoms with Crippen LogP contribution in [0, 0.1) is 0 Å². The van der Waals surface area contributed by atoms with Crippen molar-refractivity contribution in [3.8, 4) is 16.9 Å². The van der Waals surface area contributed by atoms with Crippen molar-refractivity contribution in [3.63, 3.8) is 0 Å². The van der Waals surface area contributed by atoms with Gasteiger partial charge in [0.15, 0.2) is 0 Å². The number of carboxylic acids is 1. The summed E-state index contributed by atoms with van der Waals surface area (Å²) in [4.78, 5) is 13.3. The Hall–Kier alpha value is -2.33. The van der Waals surface area contributed by atoms with Crippen molar-refractivity contribution in [1.29, 1.82) is 0 Å². The molecule has 0 radical (unpaired) electrons. The molecule has 120 valence electrons. The van der Waals surface area contributed by atoms with E-state index in [-0.39, 0.29) is 6.04 Å². The van der Waals surface area contributed by atoms with Gasteiger partial charge in [-0.15, -0.1) is 0 Å². The van der Waals surface area contributed by atoms with Crippen molar-refractivity contribution in [1.82, 2.24) is 4.90 Å². The Bertz CT molecular complexity index is 681. The van der Waals surface area contributed by atoms with Gasteiger partial charge in [-0.1, -0.05) is 42.5 Å².